The molecule has 0 aliphatic carbocycles. The van der Waals surface area contributed by atoms with Gasteiger partial charge in [0.15, 0.2) is 0 Å². The summed E-state index contributed by atoms with van der Waals surface area (Å²) in [5, 5.41) is 8.80. The zero-order valence-corrected chi connectivity index (χ0v) is 8.99. The molecule has 0 aromatic heterocycles. The summed E-state index contributed by atoms with van der Waals surface area (Å²) in [4.78, 5) is 10.7. The molecule has 0 saturated heterocycles. The highest BCUT2D eigenvalue weighted by Crippen LogP contribution is 2.19. The Morgan fingerprint density at radius 2 is 2.14 bits per heavy atom. The third-order valence-electron chi connectivity index (χ3n) is 1.85. The van der Waals surface area contributed by atoms with Crippen molar-refractivity contribution in [2.45, 2.75) is 6.04 Å². The Hall–Kier alpha value is -0.910. The number of hydrogen-bond donors (Lipinski definition) is 3. The summed E-state index contributed by atoms with van der Waals surface area (Å²) in [5.74, 6) is -0.975. The minimum absolute atomic E-state index is 0.207. The average Bonchev–Trinajstić information content (AvgIpc) is 2.15. The maximum Gasteiger partial charge on any atom is 0.335 e. The Labute approximate surface area is 90.0 Å². The maximum atomic E-state index is 10.7. The van der Waals surface area contributed by atoms with Gasteiger partial charge in [0.1, 0.15) is 0 Å². The van der Waals surface area contributed by atoms with Crippen LogP contribution in [0.25, 0.3) is 0 Å². The van der Waals surface area contributed by atoms with Crippen LogP contribution < -0.4 is 11.5 Å². The summed E-state index contributed by atoms with van der Waals surface area (Å²) < 4.78 is 0.691. The van der Waals surface area contributed by atoms with Gasteiger partial charge in [-0.2, -0.15) is 0 Å². The molecule has 0 saturated carbocycles. The fourth-order valence-corrected chi connectivity index (χ4v) is 1.60. The summed E-state index contributed by atoms with van der Waals surface area (Å²) in [6, 6.07) is 4.49. The van der Waals surface area contributed by atoms with Crippen LogP contribution >= 0.6 is 15.9 Å². The standard InChI is InChI=1S/C9H11BrN2O2/c10-7-2-5(8(12)4-11)1-6(3-7)9(13)14/h1-3,8H,4,11-12H2,(H,13,14)/t8-/m1/s1. The molecule has 0 unspecified atom stereocenters. The van der Waals surface area contributed by atoms with Crippen LogP contribution in [-0.2, 0) is 0 Å². The second-order valence-corrected chi connectivity index (χ2v) is 3.84. The van der Waals surface area contributed by atoms with Crippen LogP contribution in [0.2, 0.25) is 0 Å². The molecule has 0 bridgehead atoms. The van der Waals surface area contributed by atoms with Crippen LogP contribution in [-0.4, -0.2) is 17.6 Å². The first-order valence-electron chi connectivity index (χ1n) is 4.04. The molecule has 4 nitrogen and oxygen atoms in total. The van der Waals surface area contributed by atoms with E-state index in [1.807, 2.05) is 0 Å². The maximum absolute atomic E-state index is 10.7. The van der Waals surface area contributed by atoms with Gasteiger partial charge in [0.25, 0.3) is 0 Å². The Kier molecular flexibility index (Phi) is 3.62. The van der Waals surface area contributed by atoms with E-state index in [1.165, 1.54) is 12.1 Å². The van der Waals surface area contributed by atoms with Crippen LogP contribution in [0.5, 0.6) is 0 Å². The van der Waals surface area contributed by atoms with Crippen molar-refractivity contribution in [3.05, 3.63) is 33.8 Å². The number of carbonyl (C=O) groups is 1. The molecule has 0 aliphatic rings. The third-order valence-corrected chi connectivity index (χ3v) is 2.31. The molecular weight excluding hydrogens is 248 g/mol. The molecule has 5 N–H and O–H groups in total. The molecule has 0 amide bonds. The van der Waals surface area contributed by atoms with E-state index in [0.29, 0.717) is 4.47 Å². The fourth-order valence-electron chi connectivity index (χ4n) is 1.09. The van der Waals surface area contributed by atoms with Crippen LogP contribution in [0.15, 0.2) is 22.7 Å². The molecule has 0 aliphatic heterocycles. The second kappa shape index (κ2) is 4.54. The molecule has 76 valence electrons. The first-order valence-corrected chi connectivity index (χ1v) is 4.83. The van der Waals surface area contributed by atoms with Gasteiger partial charge in [0.2, 0.25) is 0 Å². The number of aromatic carboxylic acids is 1. The van der Waals surface area contributed by atoms with Crippen molar-refractivity contribution < 1.29 is 9.90 Å². The van der Waals surface area contributed by atoms with Crippen molar-refractivity contribution in [1.29, 1.82) is 0 Å². The summed E-state index contributed by atoms with van der Waals surface area (Å²) in [5.41, 5.74) is 12.0. The predicted octanol–water partition coefficient (Wildman–Crippen LogP) is 1.11. The van der Waals surface area contributed by atoms with E-state index in [4.69, 9.17) is 16.6 Å². The molecular formula is C9H11BrN2O2. The molecule has 0 radical (unpaired) electrons. The average molecular weight is 259 g/mol. The molecule has 1 aromatic carbocycles. The van der Waals surface area contributed by atoms with Crippen LogP contribution in [0.3, 0.4) is 0 Å². The van der Waals surface area contributed by atoms with E-state index in [2.05, 4.69) is 15.9 Å². The topological polar surface area (TPSA) is 89.3 Å². The first-order chi connectivity index (χ1) is 6.54. The highest BCUT2D eigenvalue weighted by Gasteiger charge is 2.09. The monoisotopic (exact) mass is 258 g/mol. The lowest BCUT2D eigenvalue weighted by atomic mass is 10.0. The smallest absolute Gasteiger partial charge is 0.335 e. The highest BCUT2D eigenvalue weighted by atomic mass is 79.9. The lowest BCUT2D eigenvalue weighted by Crippen LogP contribution is -2.21. The molecule has 0 fully saturated rings. The van der Waals surface area contributed by atoms with E-state index in [9.17, 15) is 4.79 Å². The largest absolute Gasteiger partial charge is 0.478 e. The highest BCUT2D eigenvalue weighted by molar-refractivity contribution is 9.10. The number of halogens is 1. The number of nitrogens with two attached hydrogens (primary N) is 2. The van der Waals surface area contributed by atoms with E-state index < -0.39 is 5.97 Å². The Balaban J connectivity index is 3.13. The van der Waals surface area contributed by atoms with Crippen molar-refractivity contribution >= 4 is 21.9 Å². The van der Waals surface area contributed by atoms with E-state index >= 15 is 0 Å². The van der Waals surface area contributed by atoms with Crippen LogP contribution in [0, 0.1) is 0 Å². The number of benzene rings is 1. The minimum atomic E-state index is -0.975. The van der Waals surface area contributed by atoms with Gasteiger partial charge in [-0.3, -0.25) is 0 Å². The fraction of sp³-hybridized carbons (Fsp3) is 0.222. The second-order valence-electron chi connectivity index (χ2n) is 2.92. The van der Waals surface area contributed by atoms with Gasteiger partial charge in [-0.25, -0.2) is 4.79 Å². The zero-order chi connectivity index (χ0) is 10.7. The summed E-state index contributed by atoms with van der Waals surface area (Å²) >= 11 is 3.22. The van der Waals surface area contributed by atoms with Gasteiger partial charge in [-0.15, -0.1) is 0 Å². The van der Waals surface area contributed by atoms with Crippen LogP contribution in [0.4, 0.5) is 0 Å². The number of carboxylic acids is 1. The quantitative estimate of drug-likeness (QED) is 0.758. The van der Waals surface area contributed by atoms with E-state index in [1.54, 1.807) is 6.07 Å². The molecule has 14 heavy (non-hydrogen) atoms. The normalized spacial score (nSPS) is 12.5. The Morgan fingerprint density at radius 1 is 1.50 bits per heavy atom. The molecule has 0 spiro atoms. The van der Waals surface area contributed by atoms with Gasteiger partial charge >= 0.3 is 5.97 Å². The lowest BCUT2D eigenvalue weighted by molar-refractivity contribution is 0.0696. The first kappa shape index (κ1) is 11.2. The van der Waals surface area contributed by atoms with Gasteiger partial charge < -0.3 is 16.6 Å². The minimum Gasteiger partial charge on any atom is -0.478 e. The Morgan fingerprint density at radius 3 is 2.64 bits per heavy atom. The van der Waals surface area contributed by atoms with Crippen LogP contribution in [0.1, 0.15) is 22.0 Å². The van der Waals surface area contributed by atoms with Gasteiger partial charge in [0.05, 0.1) is 5.56 Å². The van der Waals surface area contributed by atoms with E-state index in [0.717, 1.165) is 5.56 Å². The van der Waals surface area contributed by atoms with Gasteiger partial charge in [0, 0.05) is 17.1 Å². The zero-order valence-electron chi connectivity index (χ0n) is 7.40. The van der Waals surface area contributed by atoms with Crippen molar-refractivity contribution in [2.75, 3.05) is 6.54 Å². The van der Waals surface area contributed by atoms with E-state index in [-0.39, 0.29) is 18.2 Å². The van der Waals surface area contributed by atoms with Crippen molar-refractivity contribution in [1.82, 2.24) is 0 Å². The molecule has 1 atom stereocenters. The van der Waals surface area contributed by atoms with Crippen molar-refractivity contribution in [3.63, 3.8) is 0 Å². The van der Waals surface area contributed by atoms with Crippen molar-refractivity contribution in [3.8, 4) is 0 Å². The summed E-state index contributed by atoms with van der Waals surface area (Å²) in [6.45, 7) is 0.287. The molecule has 5 heteroatoms. The SMILES string of the molecule is NC[C@@H](N)c1cc(Br)cc(C(=O)O)c1. The number of hydrogen-bond acceptors (Lipinski definition) is 3. The Bertz CT molecular complexity index is 355. The summed E-state index contributed by atoms with van der Waals surface area (Å²) in [7, 11) is 0. The summed E-state index contributed by atoms with van der Waals surface area (Å²) in [6.07, 6.45) is 0. The predicted molar refractivity (Wildman–Crippen MR) is 57.1 cm³/mol. The van der Waals surface area contributed by atoms with Gasteiger partial charge in [-0.05, 0) is 23.8 Å². The number of rotatable bonds is 3. The third kappa shape index (κ3) is 2.54. The van der Waals surface area contributed by atoms with Crippen molar-refractivity contribution in [2.24, 2.45) is 11.5 Å². The van der Waals surface area contributed by atoms with Gasteiger partial charge in [-0.1, -0.05) is 15.9 Å². The molecule has 1 aromatic rings. The molecule has 1 rings (SSSR count). The molecule has 0 heterocycles. The number of carboxylic acid groups (broad SMARTS) is 1. The lowest BCUT2D eigenvalue weighted by Gasteiger charge is -2.10.